The Hall–Kier alpha value is -0.910. The summed E-state index contributed by atoms with van der Waals surface area (Å²) in [5, 5.41) is 4.63. The topological polar surface area (TPSA) is 43.8 Å². The molecule has 0 saturated carbocycles. The maximum absolute atomic E-state index is 13.8. The van der Waals surface area contributed by atoms with Crippen molar-refractivity contribution in [1.29, 1.82) is 0 Å². The molecule has 0 spiro atoms. The average molecular weight is 333 g/mol. The average Bonchev–Trinajstić information content (AvgIpc) is 2.72. The highest BCUT2D eigenvalue weighted by molar-refractivity contribution is 9.10. The fourth-order valence-corrected chi connectivity index (χ4v) is 2.56. The molecule has 6 heteroatoms. The Morgan fingerprint density at radius 1 is 1.56 bits per heavy atom. The molecule has 0 amide bonds. The zero-order chi connectivity index (χ0) is 13.3. The Morgan fingerprint density at radius 3 is 2.94 bits per heavy atom. The summed E-state index contributed by atoms with van der Waals surface area (Å²) < 4.78 is 16.3. The van der Waals surface area contributed by atoms with Gasteiger partial charge in [-0.05, 0) is 41.1 Å². The van der Waals surface area contributed by atoms with Crippen LogP contribution in [0.4, 0.5) is 4.39 Å². The lowest BCUT2D eigenvalue weighted by molar-refractivity contribution is 0.567. The highest BCUT2D eigenvalue weighted by Gasteiger charge is 2.20. The third-order valence-electron chi connectivity index (χ3n) is 2.72. The number of benzene rings is 1. The van der Waals surface area contributed by atoms with E-state index >= 15 is 0 Å². The standard InChI is InChI=1S/C12H12BrClFN3/c1-2-18-12(9(13)6-17-18)11(16)8-5-7(14)3-4-10(8)15/h3-6,11H,2,16H2,1H3. The van der Waals surface area contributed by atoms with Gasteiger partial charge in [0.15, 0.2) is 0 Å². The zero-order valence-corrected chi connectivity index (χ0v) is 12.0. The summed E-state index contributed by atoms with van der Waals surface area (Å²) in [4.78, 5) is 0. The van der Waals surface area contributed by atoms with Gasteiger partial charge in [0.1, 0.15) is 5.82 Å². The SMILES string of the molecule is CCn1ncc(Br)c1C(N)c1cc(Cl)ccc1F. The van der Waals surface area contributed by atoms with Gasteiger partial charge in [0, 0.05) is 17.1 Å². The zero-order valence-electron chi connectivity index (χ0n) is 9.70. The van der Waals surface area contributed by atoms with Gasteiger partial charge < -0.3 is 5.73 Å². The van der Waals surface area contributed by atoms with Gasteiger partial charge in [-0.1, -0.05) is 11.6 Å². The molecule has 18 heavy (non-hydrogen) atoms. The van der Waals surface area contributed by atoms with Gasteiger partial charge in [-0.2, -0.15) is 5.10 Å². The number of halogens is 3. The van der Waals surface area contributed by atoms with E-state index in [0.717, 1.165) is 10.2 Å². The van der Waals surface area contributed by atoms with E-state index < -0.39 is 6.04 Å². The minimum Gasteiger partial charge on any atom is -0.319 e. The molecule has 2 rings (SSSR count). The number of rotatable bonds is 3. The minimum atomic E-state index is -0.611. The number of aryl methyl sites for hydroxylation is 1. The Morgan fingerprint density at radius 2 is 2.28 bits per heavy atom. The van der Waals surface area contributed by atoms with E-state index in [9.17, 15) is 4.39 Å². The van der Waals surface area contributed by atoms with Crippen LogP contribution >= 0.6 is 27.5 Å². The van der Waals surface area contributed by atoms with Crippen LogP contribution in [0.5, 0.6) is 0 Å². The lowest BCUT2D eigenvalue weighted by Crippen LogP contribution is -2.19. The second-order valence-electron chi connectivity index (χ2n) is 3.84. The summed E-state index contributed by atoms with van der Waals surface area (Å²) in [6, 6.07) is 3.75. The van der Waals surface area contributed by atoms with E-state index in [1.165, 1.54) is 12.1 Å². The molecule has 0 radical (unpaired) electrons. The summed E-state index contributed by atoms with van der Waals surface area (Å²) in [6.07, 6.45) is 1.65. The first kappa shape index (κ1) is 13.5. The number of aromatic nitrogens is 2. The monoisotopic (exact) mass is 331 g/mol. The van der Waals surface area contributed by atoms with Crippen LogP contribution in [0.1, 0.15) is 24.2 Å². The lowest BCUT2D eigenvalue weighted by atomic mass is 10.0. The van der Waals surface area contributed by atoms with Crippen molar-refractivity contribution in [3.63, 3.8) is 0 Å². The third-order valence-corrected chi connectivity index (χ3v) is 3.57. The van der Waals surface area contributed by atoms with Crippen molar-refractivity contribution in [2.45, 2.75) is 19.5 Å². The van der Waals surface area contributed by atoms with Crippen molar-refractivity contribution in [3.05, 3.63) is 51.0 Å². The van der Waals surface area contributed by atoms with Gasteiger partial charge in [-0.25, -0.2) is 4.39 Å². The molecule has 2 aromatic rings. The van der Waals surface area contributed by atoms with E-state index in [-0.39, 0.29) is 5.82 Å². The van der Waals surface area contributed by atoms with Crippen LogP contribution in [0, 0.1) is 5.82 Å². The first-order valence-electron chi connectivity index (χ1n) is 5.46. The van der Waals surface area contributed by atoms with Crippen LogP contribution in [0.3, 0.4) is 0 Å². The normalized spacial score (nSPS) is 12.7. The smallest absolute Gasteiger partial charge is 0.128 e. The van der Waals surface area contributed by atoms with Crippen molar-refractivity contribution in [3.8, 4) is 0 Å². The molecule has 0 aliphatic heterocycles. The minimum absolute atomic E-state index is 0.360. The van der Waals surface area contributed by atoms with E-state index in [1.807, 2.05) is 6.92 Å². The predicted octanol–water partition coefficient (Wildman–Crippen LogP) is 3.51. The molecular formula is C12H12BrClFN3. The Bertz CT molecular complexity index is 570. The number of hydrogen-bond donors (Lipinski definition) is 1. The van der Waals surface area contributed by atoms with Crippen molar-refractivity contribution < 1.29 is 4.39 Å². The van der Waals surface area contributed by atoms with Gasteiger partial charge >= 0.3 is 0 Å². The first-order chi connectivity index (χ1) is 8.54. The number of nitrogens with zero attached hydrogens (tertiary/aromatic N) is 2. The van der Waals surface area contributed by atoms with Gasteiger partial charge in [0.05, 0.1) is 22.4 Å². The summed E-state index contributed by atoms with van der Waals surface area (Å²) in [6.45, 7) is 2.61. The van der Waals surface area contributed by atoms with Crippen LogP contribution in [0.25, 0.3) is 0 Å². The maximum atomic E-state index is 13.8. The van der Waals surface area contributed by atoms with E-state index in [1.54, 1.807) is 16.9 Å². The third kappa shape index (κ3) is 2.43. The number of nitrogens with two attached hydrogens (primary N) is 1. The molecule has 0 fully saturated rings. The van der Waals surface area contributed by atoms with Gasteiger partial charge in [-0.15, -0.1) is 0 Å². The molecule has 2 N–H and O–H groups in total. The fourth-order valence-electron chi connectivity index (χ4n) is 1.83. The highest BCUT2D eigenvalue weighted by Crippen LogP contribution is 2.29. The molecule has 0 bridgehead atoms. The Labute approximate surface area is 118 Å². The van der Waals surface area contributed by atoms with Crippen LogP contribution in [0.15, 0.2) is 28.9 Å². The number of hydrogen-bond acceptors (Lipinski definition) is 2. The quantitative estimate of drug-likeness (QED) is 0.935. The molecule has 1 unspecified atom stereocenters. The first-order valence-corrected chi connectivity index (χ1v) is 6.63. The molecule has 0 aliphatic rings. The van der Waals surface area contributed by atoms with Crippen molar-refractivity contribution in [2.75, 3.05) is 0 Å². The predicted molar refractivity (Wildman–Crippen MR) is 73.0 cm³/mol. The van der Waals surface area contributed by atoms with E-state index in [0.29, 0.717) is 17.1 Å². The molecule has 3 nitrogen and oxygen atoms in total. The lowest BCUT2D eigenvalue weighted by Gasteiger charge is -2.15. The Balaban J connectivity index is 2.50. The van der Waals surface area contributed by atoms with Crippen molar-refractivity contribution in [1.82, 2.24) is 9.78 Å². The maximum Gasteiger partial charge on any atom is 0.128 e. The van der Waals surface area contributed by atoms with Gasteiger partial charge in [0.25, 0.3) is 0 Å². The van der Waals surface area contributed by atoms with Gasteiger partial charge in [0.2, 0.25) is 0 Å². The van der Waals surface area contributed by atoms with Crippen molar-refractivity contribution in [2.24, 2.45) is 5.73 Å². The fraction of sp³-hybridized carbons (Fsp3) is 0.250. The molecule has 1 aromatic heterocycles. The second kappa shape index (κ2) is 5.38. The van der Waals surface area contributed by atoms with E-state index in [2.05, 4.69) is 21.0 Å². The van der Waals surface area contributed by atoms with Gasteiger partial charge in [-0.3, -0.25) is 4.68 Å². The summed E-state index contributed by atoms with van der Waals surface area (Å²) in [5.41, 5.74) is 7.21. The molecule has 0 saturated heterocycles. The Kier molecular flexibility index (Phi) is 4.04. The summed E-state index contributed by atoms with van der Waals surface area (Å²) >= 11 is 9.26. The molecule has 96 valence electrons. The molecule has 1 aromatic carbocycles. The molecule has 1 heterocycles. The van der Waals surface area contributed by atoms with E-state index in [4.69, 9.17) is 17.3 Å². The molecule has 1 atom stereocenters. The largest absolute Gasteiger partial charge is 0.319 e. The van der Waals surface area contributed by atoms with Crippen molar-refractivity contribution >= 4 is 27.5 Å². The van der Waals surface area contributed by atoms with Crippen LogP contribution in [-0.4, -0.2) is 9.78 Å². The van der Waals surface area contributed by atoms with Crippen LogP contribution < -0.4 is 5.73 Å². The second-order valence-corrected chi connectivity index (χ2v) is 5.13. The molecule has 0 aliphatic carbocycles. The van der Waals surface area contributed by atoms with Crippen LogP contribution in [-0.2, 0) is 6.54 Å². The summed E-state index contributed by atoms with van der Waals surface area (Å²) in [5.74, 6) is -0.373. The summed E-state index contributed by atoms with van der Waals surface area (Å²) in [7, 11) is 0. The highest BCUT2D eigenvalue weighted by atomic mass is 79.9. The van der Waals surface area contributed by atoms with Crippen LogP contribution in [0.2, 0.25) is 5.02 Å². The molecular weight excluding hydrogens is 321 g/mol.